The Labute approximate surface area is 192 Å². The van der Waals surface area contributed by atoms with Gasteiger partial charge in [-0.05, 0) is 29.8 Å². The van der Waals surface area contributed by atoms with Crippen LogP contribution in [0, 0.1) is 0 Å². The Balaban J connectivity index is 2.13. The number of fused-ring (bicyclic) bond motifs is 1. The molecule has 0 amide bonds. The molecule has 1 atom stereocenters. The van der Waals surface area contributed by atoms with Gasteiger partial charge in [-0.25, -0.2) is 31.7 Å². The first kappa shape index (κ1) is 23.1. The minimum atomic E-state index is -4.61. The van der Waals surface area contributed by atoms with Crippen LogP contribution in [0.25, 0.3) is 32.7 Å². The molecule has 2 aromatic carbocycles. The molecule has 1 unspecified atom stereocenters. The van der Waals surface area contributed by atoms with E-state index in [1.165, 1.54) is 24.3 Å². The van der Waals surface area contributed by atoms with E-state index in [4.69, 9.17) is 16.6 Å². The quantitative estimate of drug-likeness (QED) is 0.224. The standard InChI is InChI=1S/C17H19N9O4S3/c1-8(7-18)24-33(29,30)12-6-5-9(10-3-2-4-11-14(10)21-17(19)31-11)13(15(12)32(20,27)28)16-22-25-26-23-16/h2-6,8,24H,7,18H2,1H3,(H2,19,21)(H2,20,27,28)(H,22,23,25,26). The molecule has 33 heavy (non-hydrogen) atoms. The lowest BCUT2D eigenvalue weighted by molar-refractivity contribution is 0.557. The maximum absolute atomic E-state index is 13.1. The first-order chi connectivity index (χ1) is 15.5. The molecule has 0 aliphatic carbocycles. The van der Waals surface area contributed by atoms with E-state index in [-0.39, 0.29) is 23.5 Å². The van der Waals surface area contributed by atoms with Crippen LogP contribution in [0.4, 0.5) is 5.13 Å². The number of hydrogen-bond acceptors (Lipinski definition) is 11. The highest BCUT2D eigenvalue weighted by molar-refractivity contribution is 7.92. The molecular weight excluding hydrogens is 490 g/mol. The zero-order valence-electron chi connectivity index (χ0n) is 17.0. The van der Waals surface area contributed by atoms with E-state index in [1.54, 1.807) is 18.2 Å². The summed E-state index contributed by atoms with van der Waals surface area (Å²) in [7, 11) is -8.95. The van der Waals surface area contributed by atoms with E-state index < -0.39 is 35.9 Å². The number of rotatable bonds is 7. The van der Waals surface area contributed by atoms with E-state index in [1.807, 2.05) is 0 Å². The molecule has 0 aliphatic heterocycles. The molecule has 4 rings (SSSR count). The van der Waals surface area contributed by atoms with Gasteiger partial charge in [0.15, 0.2) is 5.13 Å². The van der Waals surface area contributed by atoms with Gasteiger partial charge in [-0.15, -0.1) is 10.2 Å². The van der Waals surface area contributed by atoms with Gasteiger partial charge in [0.1, 0.15) is 9.79 Å². The van der Waals surface area contributed by atoms with E-state index in [0.717, 1.165) is 10.8 Å². The number of tetrazole rings is 1. The molecule has 4 aromatic rings. The van der Waals surface area contributed by atoms with Gasteiger partial charge in [0.2, 0.25) is 25.9 Å². The minimum Gasteiger partial charge on any atom is -0.375 e. The Morgan fingerprint density at radius 3 is 2.55 bits per heavy atom. The van der Waals surface area contributed by atoms with Gasteiger partial charge < -0.3 is 11.5 Å². The van der Waals surface area contributed by atoms with Gasteiger partial charge in [-0.1, -0.05) is 29.5 Å². The maximum Gasteiger partial charge on any atom is 0.242 e. The molecular formula is C17H19N9O4S3. The number of nitrogens with one attached hydrogen (secondary N) is 2. The summed E-state index contributed by atoms with van der Waals surface area (Å²) in [4.78, 5) is 3.08. The van der Waals surface area contributed by atoms with Crippen molar-refractivity contribution in [3.8, 4) is 22.5 Å². The Morgan fingerprint density at radius 2 is 1.91 bits per heavy atom. The minimum absolute atomic E-state index is 0.00698. The number of sulfonamides is 2. The molecule has 0 saturated carbocycles. The third-order valence-electron chi connectivity index (χ3n) is 4.70. The second-order valence-electron chi connectivity index (χ2n) is 7.06. The molecule has 2 heterocycles. The predicted molar refractivity (Wildman–Crippen MR) is 123 cm³/mol. The molecule has 13 nitrogen and oxygen atoms in total. The van der Waals surface area contributed by atoms with Gasteiger partial charge in [0.05, 0.1) is 15.8 Å². The Bertz CT molecular complexity index is 1550. The summed E-state index contributed by atoms with van der Waals surface area (Å²) in [5, 5.41) is 19.3. The molecule has 16 heteroatoms. The van der Waals surface area contributed by atoms with Gasteiger partial charge >= 0.3 is 0 Å². The Kier molecular flexibility index (Phi) is 5.89. The largest absolute Gasteiger partial charge is 0.375 e. The van der Waals surface area contributed by atoms with Crippen molar-refractivity contribution < 1.29 is 16.8 Å². The van der Waals surface area contributed by atoms with Gasteiger partial charge in [0.25, 0.3) is 0 Å². The second kappa shape index (κ2) is 8.40. The molecule has 0 aliphatic rings. The molecule has 174 valence electrons. The predicted octanol–water partition coefficient (Wildman–Crippen LogP) is -0.00150. The van der Waals surface area contributed by atoms with Crippen molar-refractivity contribution in [2.24, 2.45) is 10.9 Å². The number of nitrogen functional groups attached to an aromatic ring is 1. The first-order valence-electron chi connectivity index (χ1n) is 9.34. The van der Waals surface area contributed by atoms with Crippen LogP contribution in [-0.4, -0.2) is 55.0 Å². The van der Waals surface area contributed by atoms with E-state index in [9.17, 15) is 16.8 Å². The fourth-order valence-electron chi connectivity index (χ4n) is 3.33. The molecule has 0 fully saturated rings. The number of H-pyrrole nitrogens is 1. The van der Waals surface area contributed by atoms with Crippen LogP contribution in [0.1, 0.15) is 6.92 Å². The first-order valence-corrected chi connectivity index (χ1v) is 13.2. The molecule has 2 aromatic heterocycles. The monoisotopic (exact) mass is 509 g/mol. The number of thiazole rings is 1. The number of anilines is 1. The highest BCUT2D eigenvalue weighted by Gasteiger charge is 2.33. The zero-order valence-corrected chi connectivity index (χ0v) is 19.5. The summed E-state index contributed by atoms with van der Waals surface area (Å²) in [6.45, 7) is 1.53. The number of nitrogens with two attached hydrogens (primary N) is 3. The van der Waals surface area contributed by atoms with Crippen LogP contribution < -0.4 is 21.3 Å². The number of para-hydroxylation sites is 1. The normalized spacial score (nSPS) is 13.4. The summed E-state index contributed by atoms with van der Waals surface area (Å²) in [6.07, 6.45) is 0. The molecule has 0 saturated heterocycles. The van der Waals surface area contributed by atoms with Crippen molar-refractivity contribution in [2.75, 3.05) is 12.3 Å². The summed E-state index contributed by atoms with van der Waals surface area (Å²) in [6, 6.07) is 7.16. The van der Waals surface area contributed by atoms with Crippen LogP contribution in [0.5, 0.6) is 0 Å². The van der Waals surface area contributed by atoms with Crippen molar-refractivity contribution in [2.45, 2.75) is 22.8 Å². The lowest BCUT2D eigenvalue weighted by atomic mass is 9.98. The zero-order chi connectivity index (χ0) is 24.0. The SMILES string of the molecule is CC(CN)NS(=O)(=O)c1ccc(-c2cccc3sc(N)nc23)c(-c2nn[nH]n2)c1S(N)(=O)=O. The lowest BCUT2D eigenvalue weighted by Crippen LogP contribution is -2.38. The van der Waals surface area contributed by atoms with E-state index in [0.29, 0.717) is 16.2 Å². The Hall–Kier alpha value is -3.02. The van der Waals surface area contributed by atoms with Crippen molar-refractivity contribution in [1.29, 1.82) is 0 Å². The summed E-state index contributed by atoms with van der Waals surface area (Å²) < 4.78 is 54.8. The van der Waals surface area contributed by atoms with Crippen LogP contribution in [0.2, 0.25) is 0 Å². The van der Waals surface area contributed by atoms with E-state index in [2.05, 4.69) is 30.3 Å². The van der Waals surface area contributed by atoms with E-state index >= 15 is 0 Å². The van der Waals surface area contributed by atoms with Gasteiger partial charge in [-0.3, -0.25) is 0 Å². The number of benzene rings is 2. The summed E-state index contributed by atoms with van der Waals surface area (Å²) >= 11 is 1.25. The van der Waals surface area contributed by atoms with Crippen LogP contribution in [-0.2, 0) is 20.0 Å². The smallest absolute Gasteiger partial charge is 0.242 e. The highest BCUT2D eigenvalue weighted by atomic mass is 32.2. The van der Waals surface area contributed by atoms with Crippen LogP contribution in [0.3, 0.4) is 0 Å². The number of nitrogens with zero attached hydrogens (tertiary/aromatic N) is 4. The number of hydrogen-bond donors (Lipinski definition) is 5. The lowest BCUT2D eigenvalue weighted by Gasteiger charge is -2.18. The fourth-order valence-corrected chi connectivity index (χ4v) is 6.95. The fraction of sp³-hybridized carbons (Fsp3) is 0.176. The third-order valence-corrected chi connectivity index (χ3v) is 8.30. The Morgan fingerprint density at radius 1 is 1.15 bits per heavy atom. The molecule has 0 spiro atoms. The molecule has 0 radical (unpaired) electrons. The molecule has 0 bridgehead atoms. The second-order valence-corrected chi connectivity index (χ2v) is 11.3. The average molecular weight is 510 g/mol. The topological polar surface area (TPSA) is 226 Å². The maximum atomic E-state index is 13.1. The summed E-state index contributed by atoms with van der Waals surface area (Å²) in [5.41, 5.74) is 12.5. The molecule has 8 N–H and O–H groups in total. The number of aromatic amines is 1. The van der Waals surface area contributed by atoms with Crippen molar-refractivity contribution in [3.63, 3.8) is 0 Å². The third kappa shape index (κ3) is 4.31. The van der Waals surface area contributed by atoms with Crippen molar-refractivity contribution >= 4 is 46.7 Å². The summed E-state index contributed by atoms with van der Waals surface area (Å²) in [5.74, 6) is -0.168. The number of aromatic nitrogens is 5. The van der Waals surface area contributed by atoms with Crippen molar-refractivity contribution in [3.05, 3.63) is 30.3 Å². The number of primary sulfonamides is 1. The van der Waals surface area contributed by atoms with Gasteiger partial charge in [0, 0.05) is 18.2 Å². The highest BCUT2D eigenvalue weighted by Crippen LogP contribution is 2.41. The van der Waals surface area contributed by atoms with Crippen LogP contribution in [0.15, 0.2) is 40.1 Å². The van der Waals surface area contributed by atoms with Crippen LogP contribution >= 0.6 is 11.3 Å². The van der Waals surface area contributed by atoms with Crippen molar-refractivity contribution in [1.82, 2.24) is 30.3 Å². The average Bonchev–Trinajstić information content (AvgIpc) is 3.40. The van der Waals surface area contributed by atoms with Gasteiger partial charge in [-0.2, -0.15) is 5.21 Å².